The van der Waals surface area contributed by atoms with Crippen LogP contribution in [0.25, 0.3) is 111 Å². The fourth-order valence-electron chi connectivity index (χ4n) is 11.5. The van der Waals surface area contributed by atoms with Crippen LogP contribution in [0.5, 0.6) is 0 Å². The molecule has 0 amide bonds. The van der Waals surface area contributed by atoms with E-state index >= 15 is 0 Å². The van der Waals surface area contributed by atoms with Gasteiger partial charge in [0, 0.05) is 49.9 Å². The Kier molecular flexibility index (Phi) is 10.8. The third-order valence-corrected chi connectivity index (χ3v) is 15.0. The quantitative estimate of drug-likeness (QED) is 0.133. The van der Waals surface area contributed by atoms with Crippen LogP contribution < -0.4 is 4.90 Å². The standard InChI is InChI=1S/C72H49N3/c1-3-20-52(21-4-1)59-26-7-8-27-60(59)61-28-9-10-29-62(61)63-30-11-15-34-68(63)73(56-43-38-50(39-44-56)53-22-19-25-58(48-53)75-69-35-16-12-31-64(69)65-32-13-17-36-70(65)75)57-45-40-51(41-46-57)54-42-47-72-67(49-54)66-33-14-18-37-71(66)74(72)55-23-5-2-6-24-55/h1-49H. The Bertz CT molecular complexity index is 4340. The number of benzene rings is 12. The predicted molar refractivity (Wildman–Crippen MR) is 317 cm³/mol. The number of hydrogen-bond acceptors (Lipinski definition) is 1. The van der Waals surface area contributed by atoms with Crippen molar-refractivity contribution in [1.29, 1.82) is 0 Å². The van der Waals surface area contributed by atoms with Crippen LogP contribution in [-0.2, 0) is 0 Å². The highest BCUT2D eigenvalue weighted by Crippen LogP contribution is 2.46. The summed E-state index contributed by atoms with van der Waals surface area (Å²) in [5, 5.41) is 4.99. The molecule has 0 bridgehead atoms. The molecule has 0 radical (unpaired) electrons. The summed E-state index contributed by atoms with van der Waals surface area (Å²) in [5.74, 6) is 0. The van der Waals surface area contributed by atoms with Gasteiger partial charge in [0.2, 0.25) is 0 Å². The van der Waals surface area contributed by atoms with E-state index in [2.05, 4.69) is 311 Å². The maximum absolute atomic E-state index is 2.42. The fraction of sp³-hybridized carbons (Fsp3) is 0. The van der Waals surface area contributed by atoms with Crippen LogP contribution in [0.2, 0.25) is 0 Å². The van der Waals surface area contributed by atoms with Gasteiger partial charge in [0.1, 0.15) is 0 Å². The van der Waals surface area contributed by atoms with Gasteiger partial charge in [-0.15, -0.1) is 0 Å². The number of hydrogen-bond donors (Lipinski definition) is 0. The van der Waals surface area contributed by atoms with Gasteiger partial charge in [-0.3, -0.25) is 0 Å². The molecule has 0 saturated carbocycles. The molecule has 3 heteroatoms. The molecule has 75 heavy (non-hydrogen) atoms. The van der Waals surface area contributed by atoms with E-state index in [9.17, 15) is 0 Å². The summed E-state index contributed by atoms with van der Waals surface area (Å²) in [6, 6.07) is 108. The van der Waals surface area contributed by atoms with Crippen molar-refractivity contribution >= 4 is 60.7 Å². The molecule has 0 atom stereocenters. The van der Waals surface area contributed by atoms with Crippen LogP contribution in [0.3, 0.4) is 0 Å². The highest BCUT2D eigenvalue weighted by molar-refractivity contribution is 6.11. The van der Waals surface area contributed by atoms with E-state index in [1.54, 1.807) is 0 Å². The van der Waals surface area contributed by atoms with Crippen LogP contribution in [-0.4, -0.2) is 9.13 Å². The summed E-state index contributed by atoms with van der Waals surface area (Å²) in [6.45, 7) is 0. The number of anilines is 3. The molecule has 0 aliphatic carbocycles. The Morgan fingerprint density at radius 3 is 1.20 bits per heavy atom. The van der Waals surface area contributed by atoms with Crippen molar-refractivity contribution in [2.24, 2.45) is 0 Å². The van der Waals surface area contributed by atoms with Gasteiger partial charge in [-0.2, -0.15) is 0 Å². The van der Waals surface area contributed by atoms with Crippen molar-refractivity contribution in [3.63, 3.8) is 0 Å². The molecule has 2 heterocycles. The fourth-order valence-corrected chi connectivity index (χ4v) is 11.5. The van der Waals surface area contributed by atoms with Gasteiger partial charge < -0.3 is 14.0 Å². The highest BCUT2D eigenvalue weighted by atomic mass is 15.1. The van der Waals surface area contributed by atoms with Gasteiger partial charge in [0.05, 0.1) is 27.8 Å². The van der Waals surface area contributed by atoms with E-state index < -0.39 is 0 Å². The van der Waals surface area contributed by atoms with Crippen LogP contribution in [0.15, 0.2) is 297 Å². The molecule has 0 fully saturated rings. The maximum Gasteiger partial charge on any atom is 0.0541 e. The second-order valence-corrected chi connectivity index (χ2v) is 19.2. The average molecular weight is 956 g/mol. The molecule has 0 aliphatic heterocycles. The summed E-state index contributed by atoms with van der Waals surface area (Å²) in [6.07, 6.45) is 0. The zero-order chi connectivity index (χ0) is 49.7. The number of aromatic nitrogens is 2. The molecule has 2 aromatic heterocycles. The first kappa shape index (κ1) is 43.8. The van der Waals surface area contributed by atoms with Crippen molar-refractivity contribution in [3.05, 3.63) is 297 Å². The van der Waals surface area contributed by atoms with Crippen molar-refractivity contribution in [2.75, 3.05) is 4.90 Å². The number of rotatable bonds is 10. The summed E-state index contributed by atoms with van der Waals surface area (Å²) >= 11 is 0. The molecule has 0 spiro atoms. The number of fused-ring (bicyclic) bond motifs is 6. The second-order valence-electron chi connectivity index (χ2n) is 19.2. The van der Waals surface area contributed by atoms with Crippen molar-refractivity contribution in [2.45, 2.75) is 0 Å². The van der Waals surface area contributed by atoms with Gasteiger partial charge in [-0.05, 0) is 135 Å². The molecule has 0 unspecified atom stereocenters. The second kappa shape index (κ2) is 18.6. The predicted octanol–water partition coefficient (Wildman–Crippen LogP) is 19.7. The third-order valence-electron chi connectivity index (χ3n) is 15.0. The summed E-state index contributed by atoms with van der Waals surface area (Å²) in [4.78, 5) is 2.42. The molecule has 14 aromatic rings. The molecule has 0 saturated heterocycles. The normalized spacial score (nSPS) is 11.5. The van der Waals surface area contributed by atoms with Crippen LogP contribution in [0.4, 0.5) is 17.1 Å². The Labute approximate surface area is 436 Å². The summed E-state index contributed by atoms with van der Waals surface area (Å²) < 4.78 is 4.76. The monoisotopic (exact) mass is 955 g/mol. The Hall–Kier alpha value is -9.96. The minimum absolute atomic E-state index is 1.06. The Balaban J connectivity index is 0.891. The van der Waals surface area contributed by atoms with E-state index in [4.69, 9.17) is 0 Å². The van der Waals surface area contributed by atoms with E-state index in [0.29, 0.717) is 0 Å². The van der Waals surface area contributed by atoms with Gasteiger partial charge in [0.25, 0.3) is 0 Å². The van der Waals surface area contributed by atoms with Crippen molar-refractivity contribution in [1.82, 2.24) is 9.13 Å². The lowest BCUT2D eigenvalue weighted by Gasteiger charge is -2.29. The number of nitrogens with zero attached hydrogens (tertiary/aromatic N) is 3. The van der Waals surface area contributed by atoms with Gasteiger partial charge in [0.15, 0.2) is 0 Å². The molecule has 14 rings (SSSR count). The van der Waals surface area contributed by atoms with Gasteiger partial charge in [-0.25, -0.2) is 0 Å². The lowest BCUT2D eigenvalue weighted by atomic mass is 9.88. The third kappa shape index (κ3) is 7.69. The first-order chi connectivity index (χ1) is 37.2. The van der Waals surface area contributed by atoms with Crippen LogP contribution in [0, 0.1) is 0 Å². The molecule has 352 valence electrons. The minimum Gasteiger partial charge on any atom is -0.310 e. The minimum atomic E-state index is 1.06. The largest absolute Gasteiger partial charge is 0.310 e. The van der Waals surface area contributed by atoms with Crippen LogP contribution >= 0.6 is 0 Å². The van der Waals surface area contributed by atoms with Crippen LogP contribution in [0.1, 0.15) is 0 Å². The lowest BCUT2D eigenvalue weighted by Crippen LogP contribution is -2.11. The highest BCUT2D eigenvalue weighted by Gasteiger charge is 2.22. The first-order valence-corrected chi connectivity index (χ1v) is 25.8. The first-order valence-electron chi connectivity index (χ1n) is 25.8. The van der Waals surface area contributed by atoms with Crippen molar-refractivity contribution < 1.29 is 0 Å². The summed E-state index contributed by atoms with van der Waals surface area (Å²) in [5.41, 5.74) is 22.0. The van der Waals surface area contributed by atoms with E-state index in [-0.39, 0.29) is 0 Å². The topological polar surface area (TPSA) is 13.1 Å². The molecule has 0 N–H and O–H groups in total. The lowest BCUT2D eigenvalue weighted by molar-refractivity contribution is 1.18. The van der Waals surface area contributed by atoms with E-state index in [1.807, 2.05) is 0 Å². The SMILES string of the molecule is c1ccc(-c2ccccc2-c2ccccc2-c2ccccc2N(c2ccc(-c3cccc(-n4c5ccccc5c5ccccc54)c3)cc2)c2ccc(-c3ccc4c(c3)c3ccccc3n4-c3ccccc3)cc2)cc1. The molecule has 3 nitrogen and oxygen atoms in total. The molecular weight excluding hydrogens is 907 g/mol. The van der Waals surface area contributed by atoms with Gasteiger partial charge >= 0.3 is 0 Å². The molecule has 12 aromatic carbocycles. The Morgan fingerprint density at radius 1 is 0.213 bits per heavy atom. The Morgan fingerprint density at radius 2 is 0.600 bits per heavy atom. The maximum atomic E-state index is 2.42. The smallest absolute Gasteiger partial charge is 0.0541 e. The zero-order valence-electron chi connectivity index (χ0n) is 41.1. The zero-order valence-corrected chi connectivity index (χ0v) is 41.1. The van der Waals surface area contributed by atoms with Gasteiger partial charge in [-0.1, -0.05) is 212 Å². The average Bonchev–Trinajstić information content (AvgIpc) is 4.05. The molecule has 0 aliphatic rings. The van der Waals surface area contributed by atoms with E-state index in [1.165, 1.54) is 77.0 Å². The molecular formula is C72H49N3. The number of para-hydroxylation sites is 5. The summed E-state index contributed by atoms with van der Waals surface area (Å²) in [7, 11) is 0. The van der Waals surface area contributed by atoms with Crippen molar-refractivity contribution in [3.8, 4) is 67.0 Å². The van der Waals surface area contributed by atoms with E-state index in [0.717, 1.165) is 50.7 Å².